The summed E-state index contributed by atoms with van der Waals surface area (Å²) in [6.07, 6.45) is 0. The maximum atomic E-state index is 5.90. The fraction of sp³-hybridized carbons (Fsp3) is 0.111. The molecule has 0 aliphatic heterocycles. The first-order valence-corrected chi connectivity index (χ1v) is 7.51. The molecule has 2 aromatic carbocycles. The molecular formula is C18H16N2O2S. The molecule has 0 atom stereocenters. The van der Waals surface area contributed by atoms with Crippen LogP contribution in [0, 0.1) is 6.92 Å². The van der Waals surface area contributed by atoms with E-state index in [1.165, 1.54) is 0 Å². The second kappa shape index (κ2) is 6.22. The molecular weight excluding hydrogens is 308 g/mol. The molecule has 0 spiro atoms. The highest BCUT2D eigenvalue weighted by Gasteiger charge is 2.07. The van der Waals surface area contributed by atoms with Crippen LogP contribution in [0.15, 0.2) is 57.9 Å². The van der Waals surface area contributed by atoms with Crippen molar-refractivity contribution in [1.82, 2.24) is 0 Å². The van der Waals surface area contributed by atoms with Gasteiger partial charge in [0.2, 0.25) is 5.55 Å². The van der Waals surface area contributed by atoms with Gasteiger partial charge in [-0.25, -0.2) is 4.99 Å². The van der Waals surface area contributed by atoms with Gasteiger partial charge in [0.25, 0.3) is 0 Å². The minimum Gasteiger partial charge on any atom is -0.497 e. The molecule has 0 aliphatic rings. The Kier molecular flexibility index (Phi) is 4.12. The molecule has 0 saturated heterocycles. The third-order valence-corrected chi connectivity index (χ3v) is 3.69. The Hall–Kier alpha value is -2.66. The van der Waals surface area contributed by atoms with E-state index in [2.05, 4.69) is 4.99 Å². The van der Waals surface area contributed by atoms with Crippen molar-refractivity contribution in [2.75, 3.05) is 7.11 Å². The molecule has 0 radical (unpaired) electrons. The minimum absolute atomic E-state index is 0.254. The van der Waals surface area contributed by atoms with Gasteiger partial charge in [-0.2, -0.15) is 0 Å². The van der Waals surface area contributed by atoms with Crippen LogP contribution in [-0.4, -0.2) is 12.1 Å². The van der Waals surface area contributed by atoms with Gasteiger partial charge in [0.15, 0.2) is 0 Å². The third kappa shape index (κ3) is 3.24. The van der Waals surface area contributed by atoms with E-state index in [0.717, 1.165) is 28.0 Å². The largest absolute Gasteiger partial charge is 0.497 e. The van der Waals surface area contributed by atoms with E-state index in [1.54, 1.807) is 7.11 Å². The molecule has 23 heavy (non-hydrogen) atoms. The van der Waals surface area contributed by atoms with Gasteiger partial charge in [-0.3, -0.25) is 0 Å². The van der Waals surface area contributed by atoms with Gasteiger partial charge in [-0.05, 0) is 49.4 Å². The monoisotopic (exact) mass is 324 g/mol. The summed E-state index contributed by atoms with van der Waals surface area (Å²) in [7, 11) is 1.62. The van der Waals surface area contributed by atoms with Gasteiger partial charge in [-0.15, -0.1) is 0 Å². The highest BCUT2D eigenvalue weighted by molar-refractivity contribution is 7.80. The Morgan fingerprint density at radius 2 is 1.87 bits per heavy atom. The summed E-state index contributed by atoms with van der Waals surface area (Å²) in [5, 5.41) is 0.946. The first kappa shape index (κ1) is 15.2. The average molecular weight is 324 g/mol. The van der Waals surface area contributed by atoms with Gasteiger partial charge < -0.3 is 14.9 Å². The summed E-state index contributed by atoms with van der Waals surface area (Å²) >= 11 is 5.14. The molecule has 2 N–H and O–H groups in total. The van der Waals surface area contributed by atoms with Crippen molar-refractivity contribution >= 4 is 33.9 Å². The zero-order valence-electron chi connectivity index (χ0n) is 12.9. The summed E-state index contributed by atoms with van der Waals surface area (Å²) in [6, 6.07) is 15.2. The number of aryl methyl sites for hydroxylation is 1. The Bertz CT molecular complexity index is 943. The maximum absolute atomic E-state index is 5.90. The van der Waals surface area contributed by atoms with E-state index in [4.69, 9.17) is 27.1 Å². The van der Waals surface area contributed by atoms with Crippen LogP contribution in [0.1, 0.15) is 11.1 Å². The molecule has 1 heterocycles. The molecule has 0 saturated carbocycles. The van der Waals surface area contributed by atoms with E-state index < -0.39 is 0 Å². The van der Waals surface area contributed by atoms with Crippen LogP contribution < -0.4 is 16.0 Å². The van der Waals surface area contributed by atoms with Crippen molar-refractivity contribution in [3.05, 3.63) is 65.2 Å². The Morgan fingerprint density at radius 1 is 1.13 bits per heavy atom. The smallest absolute Gasteiger partial charge is 0.230 e. The van der Waals surface area contributed by atoms with Gasteiger partial charge in [0.05, 0.1) is 18.4 Å². The molecule has 0 fully saturated rings. The van der Waals surface area contributed by atoms with Crippen LogP contribution in [0.25, 0.3) is 11.0 Å². The zero-order valence-corrected chi connectivity index (χ0v) is 13.7. The highest BCUT2D eigenvalue weighted by Crippen LogP contribution is 2.19. The number of ether oxygens (including phenoxy) is 1. The quantitative estimate of drug-likeness (QED) is 0.748. The molecule has 0 bridgehead atoms. The molecule has 3 aromatic rings. The maximum Gasteiger partial charge on any atom is 0.230 e. The van der Waals surface area contributed by atoms with E-state index in [0.29, 0.717) is 11.1 Å². The number of nitrogens with two attached hydrogens (primary N) is 1. The molecule has 116 valence electrons. The number of rotatable bonds is 3. The van der Waals surface area contributed by atoms with E-state index in [1.807, 2.05) is 55.5 Å². The Labute approximate surface area is 139 Å². The first-order chi connectivity index (χ1) is 11.1. The average Bonchev–Trinajstić information content (AvgIpc) is 2.55. The van der Waals surface area contributed by atoms with Crippen molar-refractivity contribution in [1.29, 1.82) is 0 Å². The molecule has 0 unspecified atom stereocenters. The fourth-order valence-corrected chi connectivity index (χ4v) is 2.43. The van der Waals surface area contributed by atoms with Crippen molar-refractivity contribution in [2.24, 2.45) is 10.7 Å². The highest BCUT2D eigenvalue weighted by atomic mass is 32.1. The third-order valence-electron chi connectivity index (χ3n) is 3.47. The van der Waals surface area contributed by atoms with Crippen LogP contribution in [0.4, 0.5) is 5.69 Å². The van der Waals surface area contributed by atoms with Crippen LogP contribution in [-0.2, 0) is 0 Å². The van der Waals surface area contributed by atoms with Crippen LogP contribution in [0.3, 0.4) is 0 Å². The lowest BCUT2D eigenvalue weighted by molar-refractivity contribution is 0.415. The standard InChI is InChI=1S/C18H16N2O2S/c1-11-3-8-16-12(9-11)10-15(17(19)23)18(22-16)20-13-4-6-14(21-2)7-5-13/h3-10H,1-2H3,(H2,19,23)/b20-18-. The normalized spacial score (nSPS) is 11.7. The van der Waals surface area contributed by atoms with Crippen LogP contribution >= 0.6 is 12.2 Å². The predicted octanol–water partition coefficient (Wildman–Crippen LogP) is 3.62. The summed E-state index contributed by atoms with van der Waals surface area (Å²) in [4.78, 5) is 4.77. The molecule has 0 aliphatic carbocycles. The lowest BCUT2D eigenvalue weighted by Crippen LogP contribution is -2.20. The number of thiocarbonyl (C=S) groups is 1. The van der Waals surface area contributed by atoms with Crippen molar-refractivity contribution < 1.29 is 9.15 Å². The van der Waals surface area contributed by atoms with Gasteiger partial charge in [0, 0.05) is 5.39 Å². The minimum atomic E-state index is 0.254. The van der Waals surface area contributed by atoms with Crippen LogP contribution in [0.2, 0.25) is 0 Å². The molecule has 3 rings (SSSR count). The number of hydrogen-bond acceptors (Lipinski definition) is 4. The Morgan fingerprint density at radius 3 is 2.52 bits per heavy atom. The van der Waals surface area contributed by atoms with Gasteiger partial charge in [-0.1, -0.05) is 23.8 Å². The number of nitrogens with zero attached hydrogens (tertiary/aromatic N) is 1. The van der Waals surface area contributed by atoms with E-state index in [9.17, 15) is 0 Å². The van der Waals surface area contributed by atoms with Gasteiger partial charge >= 0.3 is 0 Å². The second-order valence-electron chi connectivity index (χ2n) is 5.18. The topological polar surface area (TPSA) is 60.8 Å². The molecule has 5 heteroatoms. The molecule has 1 aromatic heterocycles. The van der Waals surface area contributed by atoms with E-state index in [-0.39, 0.29) is 4.99 Å². The summed E-state index contributed by atoms with van der Waals surface area (Å²) in [5.41, 5.74) is 9.47. The zero-order chi connectivity index (χ0) is 16.4. The second-order valence-corrected chi connectivity index (χ2v) is 5.62. The summed E-state index contributed by atoms with van der Waals surface area (Å²) in [6.45, 7) is 2.02. The lowest BCUT2D eigenvalue weighted by atomic mass is 10.1. The lowest BCUT2D eigenvalue weighted by Gasteiger charge is -2.04. The fourth-order valence-electron chi connectivity index (χ4n) is 2.28. The van der Waals surface area contributed by atoms with Gasteiger partial charge in [0.1, 0.15) is 16.3 Å². The SMILES string of the molecule is COc1ccc(/N=c2\oc3ccc(C)cc3cc2C(N)=S)cc1. The Balaban J connectivity index is 2.21. The van der Waals surface area contributed by atoms with Crippen molar-refractivity contribution in [3.63, 3.8) is 0 Å². The number of benzene rings is 2. The summed E-state index contributed by atoms with van der Waals surface area (Å²) < 4.78 is 11.0. The van der Waals surface area contributed by atoms with Crippen molar-refractivity contribution in [3.8, 4) is 5.75 Å². The van der Waals surface area contributed by atoms with E-state index >= 15 is 0 Å². The first-order valence-electron chi connectivity index (χ1n) is 7.10. The molecule has 4 nitrogen and oxygen atoms in total. The molecule has 0 amide bonds. The summed E-state index contributed by atoms with van der Waals surface area (Å²) in [5.74, 6) is 0.768. The van der Waals surface area contributed by atoms with Crippen molar-refractivity contribution in [2.45, 2.75) is 6.92 Å². The number of hydrogen-bond donors (Lipinski definition) is 1. The predicted molar refractivity (Wildman–Crippen MR) is 95.1 cm³/mol. The van der Waals surface area contributed by atoms with Crippen LogP contribution in [0.5, 0.6) is 5.75 Å². The number of methoxy groups -OCH3 is 1. The number of fused-ring (bicyclic) bond motifs is 1.